The standard InChI is InChI=1S/C15H22Cl2N2O3/c16-12-1-2-15(14(17)9-12)22-11-13(21)10-19-5-3-18(4-6-19)7-8-20/h1-2,9,13,20-21H,3-8,10-11H2/t13-/m0/s1. The maximum absolute atomic E-state index is 10.1. The van der Waals surface area contributed by atoms with Gasteiger partial charge in [-0.3, -0.25) is 9.80 Å². The quantitative estimate of drug-likeness (QED) is 0.778. The van der Waals surface area contributed by atoms with Crippen LogP contribution in [0.3, 0.4) is 0 Å². The van der Waals surface area contributed by atoms with E-state index in [9.17, 15) is 5.11 Å². The first-order valence-electron chi connectivity index (χ1n) is 7.40. The molecule has 5 nitrogen and oxygen atoms in total. The molecule has 1 aromatic carbocycles. The Morgan fingerprint density at radius 3 is 2.45 bits per heavy atom. The smallest absolute Gasteiger partial charge is 0.138 e. The fraction of sp³-hybridized carbons (Fsp3) is 0.600. The summed E-state index contributed by atoms with van der Waals surface area (Å²) in [6.45, 7) is 5.27. The molecule has 2 N–H and O–H groups in total. The van der Waals surface area contributed by atoms with Gasteiger partial charge in [-0.05, 0) is 18.2 Å². The van der Waals surface area contributed by atoms with Gasteiger partial charge in [-0.1, -0.05) is 23.2 Å². The van der Waals surface area contributed by atoms with E-state index in [-0.39, 0.29) is 13.2 Å². The average Bonchev–Trinajstić information content (AvgIpc) is 2.49. The summed E-state index contributed by atoms with van der Waals surface area (Å²) in [5, 5.41) is 20.0. The van der Waals surface area contributed by atoms with E-state index in [0.717, 1.165) is 26.2 Å². The third-order valence-corrected chi connectivity index (χ3v) is 4.21. The number of nitrogens with zero attached hydrogens (tertiary/aromatic N) is 2. The molecular formula is C15H22Cl2N2O3. The molecule has 1 aromatic rings. The molecule has 1 heterocycles. The van der Waals surface area contributed by atoms with Gasteiger partial charge in [0.2, 0.25) is 0 Å². The van der Waals surface area contributed by atoms with Crippen LogP contribution in [0.4, 0.5) is 0 Å². The van der Waals surface area contributed by atoms with Crippen LogP contribution in [-0.2, 0) is 0 Å². The molecule has 0 saturated carbocycles. The van der Waals surface area contributed by atoms with Crippen molar-refractivity contribution in [3.05, 3.63) is 28.2 Å². The number of rotatable bonds is 7. The van der Waals surface area contributed by atoms with E-state index in [1.54, 1.807) is 18.2 Å². The summed E-state index contributed by atoms with van der Waals surface area (Å²) in [6.07, 6.45) is -0.573. The predicted molar refractivity (Wildman–Crippen MR) is 87.9 cm³/mol. The lowest BCUT2D eigenvalue weighted by molar-refractivity contribution is 0.0429. The first-order chi connectivity index (χ1) is 10.6. The van der Waals surface area contributed by atoms with Gasteiger partial charge in [0.15, 0.2) is 0 Å². The first kappa shape index (κ1) is 17.8. The van der Waals surface area contributed by atoms with Crippen molar-refractivity contribution in [2.45, 2.75) is 6.10 Å². The van der Waals surface area contributed by atoms with Gasteiger partial charge < -0.3 is 14.9 Å². The molecule has 1 saturated heterocycles. The summed E-state index contributed by atoms with van der Waals surface area (Å²) in [7, 11) is 0. The zero-order valence-electron chi connectivity index (χ0n) is 12.4. The maximum atomic E-state index is 10.1. The van der Waals surface area contributed by atoms with E-state index in [4.69, 9.17) is 33.0 Å². The zero-order chi connectivity index (χ0) is 15.9. The van der Waals surface area contributed by atoms with Crippen LogP contribution in [0, 0.1) is 0 Å². The SMILES string of the molecule is OCCN1CCN(C[C@H](O)COc2ccc(Cl)cc2Cl)CC1. The Kier molecular flexibility index (Phi) is 7.21. The Hall–Kier alpha value is -0.560. The number of hydrogen-bond acceptors (Lipinski definition) is 5. The molecular weight excluding hydrogens is 327 g/mol. The zero-order valence-corrected chi connectivity index (χ0v) is 13.9. The lowest BCUT2D eigenvalue weighted by atomic mass is 10.2. The highest BCUT2D eigenvalue weighted by atomic mass is 35.5. The minimum Gasteiger partial charge on any atom is -0.489 e. The van der Waals surface area contributed by atoms with E-state index in [0.29, 0.717) is 28.9 Å². The molecule has 0 aromatic heterocycles. The van der Waals surface area contributed by atoms with Crippen molar-refractivity contribution in [1.29, 1.82) is 0 Å². The molecule has 124 valence electrons. The van der Waals surface area contributed by atoms with Crippen molar-refractivity contribution in [3.63, 3.8) is 0 Å². The fourth-order valence-corrected chi connectivity index (χ4v) is 2.93. The molecule has 7 heteroatoms. The highest BCUT2D eigenvalue weighted by Gasteiger charge is 2.19. The predicted octanol–water partition coefficient (Wildman–Crippen LogP) is 1.34. The number of aliphatic hydroxyl groups excluding tert-OH is 2. The van der Waals surface area contributed by atoms with Gasteiger partial charge in [0.1, 0.15) is 18.5 Å². The maximum Gasteiger partial charge on any atom is 0.138 e. The van der Waals surface area contributed by atoms with Gasteiger partial charge in [0.25, 0.3) is 0 Å². The molecule has 1 atom stereocenters. The monoisotopic (exact) mass is 348 g/mol. The second-order valence-corrected chi connectivity index (χ2v) is 6.25. The van der Waals surface area contributed by atoms with Gasteiger partial charge in [-0.2, -0.15) is 0 Å². The first-order valence-corrected chi connectivity index (χ1v) is 8.15. The van der Waals surface area contributed by atoms with Gasteiger partial charge in [0, 0.05) is 44.3 Å². The summed E-state index contributed by atoms with van der Waals surface area (Å²) in [4.78, 5) is 4.41. The van der Waals surface area contributed by atoms with Crippen LogP contribution >= 0.6 is 23.2 Å². The van der Waals surface area contributed by atoms with Crippen molar-refractivity contribution >= 4 is 23.2 Å². The lowest BCUT2D eigenvalue weighted by Gasteiger charge is -2.35. The largest absolute Gasteiger partial charge is 0.489 e. The highest BCUT2D eigenvalue weighted by Crippen LogP contribution is 2.27. The van der Waals surface area contributed by atoms with Gasteiger partial charge in [-0.15, -0.1) is 0 Å². The molecule has 2 rings (SSSR count). The van der Waals surface area contributed by atoms with Crippen molar-refractivity contribution in [2.75, 3.05) is 52.5 Å². The molecule has 0 aliphatic carbocycles. The molecule has 0 amide bonds. The molecule has 0 unspecified atom stereocenters. The van der Waals surface area contributed by atoms with Gasteiger partial charge in [-0.25, -0.2) is 0 Å². The summed E-state index contributed by atoms with van der Waals surface area (Å²) in [5.74, 6) is 0.526. The average molecular weight is 349 g/mol. The minimum atomic E-state index is -0.573. The van der Waals surface area contributed by atoms with E-state index < -0.39 is 6.10 Å². The Labute approximate surface area is 141 Å². The van der Waals surface area contributed by atoms with Crippen LogP contribution in [-0.4, -0.2) is 78.6 Å². The van der Waals surface area contributed by atoms with Crippen molar-refractivity contribution < 1.29 is 14.9 Å². The second kappa shape index (κ2) is 8.91. The van der Waals surface area contributed by atoms with Crippen LogP contribution in [0.1, 0.15) is 0 Å². The van der Waals surface area contributed by atoms with Crippen LogP contribution in [0.15, 0.2) is 18.2 Å². The Morgan fingerprint density at radius 1 is 1.14 bits per heavy atom. The summed E-state index contributed by atoms with van der Waals surface area (Å²) in [5.41, 5.74) is 0. The Morgan fingerprint density at radius 2 is 1.82 bits per heavy atom. The molecule has 0 spiro atoms. The molecule has 0 bridgehead atoms. The van der Waals surface area contributed by atoms with Crippen molar-refractivity contribution in [3.8, 4) is 5.75 Å². The normalized spacial score (nSPS) is 18.4. The minimum absolute atomic E-state index is 0.193. The molecule has 0 radical (unpaired) electrons. The third-order valence-electron chi connectivity index (χ3n) is 3.68. The van der Waals surface area contributed by atoms with E-state index in [1.807, 2.05) is 0 Å². The number of aliphatic hydroxyl groups is 2. The number of piperazine rings is 1. The number of halogens is 2. The number of benzene rings is 1. The Balaban J connectivity index is 1.71. The highest BCUT2D eigenvalue weighted by molar-refractivity contribution is 6.35. The molecule has 1 fully saturated rings. The molecule has 22 heavy (non-hydrogen) atoms. The lowest BCUT2D eigenvalue weighted by Crippen LogP contribution is -2.49. The summed E-state index contributed by atoms with van der Waals surface area (Å²) >= 11 is 11.9. The summed E-state index contributed by atoms with van der Waals surface area (Å²) in [6, 6.07) is 5.02. The van der Waals surface area contributed by atoms with Crippen LogP contribution in [0.5, 0.6) is 5.75 Å². The second-order valence-electron chi connectivity index (χ2n) is 5.41. The third kappa shape index (κ3) is 5.57. The van der Waals surface area contributed by atoms with E-state index >= 15 is 0 Å². The van der Waals surface area contributed by atoms with Crippen molar-refractivity contribution in [1.82, 2.24) is 9.80 Å². The van der Waals surface area contributed by atoms with Crippen LogP contribution < -0.4 is 4.74 Å². The van der Waals surface area contributed by atoms with Crippen LogP contribution in [0.25, 0.3) is 0 Å². The molecule has 1 aliphatic rings. The molecule has 1 aliphatic heterocycles. The topological polar surface area (TPSA) is 56.2 Å². The Bertz CT molecular complexity index is 468. The fourth-order valence-electron chi connectivity index (χ4n) is 2.47. The van der Waals surface area contributed by atoms with E-state index in [1.165, 1.54) is 0 Å². The summed E-state index contributed by atoms with van der Waals surface area (Å²) < 4.78 is 5.54. The van der Waals surface area contributed by atoms with E-state index in [2.05, 4.69) is 9.80 Å². The number of hydrogen-bond donors (Lipinski definition) is 2. The van der Waals surface area contributed by atoms with Crippen molar-refractivity contribution in [2.24, 2.45) is 0 Å². The van der Waals surface area contributed by atoms with Gasteiger partial charge >= 0.3 is 0 Å². The van der Waals surface area contributed by atoms with Gasteiger partial charge in [0.05, 0.1) is 11.6 Å². The van der Waals surface area contributed by atoms with Crippen LogP contribution in [0.2, 0.25) is 10.0 Å². The number of ether oxygens (including phenoxy) is 1. The number of β-amino-alcohol motifs (C(OH)–C–C–N with tert-alkyl or cyclic N) is 2.